The second-order valence-electron chi connectivity index (χ2n) is 7.25. The lowest BCUT2D eigenvalue weighted by Gasteiger charge is -2.14. The number of aryl methyl sites for hydroxylation is 2. The SMILES string of the molecule is O=C(COC(=O)[C@H]1CC(=O)N(Cc2ccco2)C1)Nc1ccc2c(c1)CCC2. The van der Waals surface area contributed by atoms with Crippen molar-refractivity contribution < 1.29 is 23.5 Å². The monoisotopic (exact) mass is 382 g/mol. The van der Waals surface area contributed by atoms with E-state index in [1.807, 2.05) is 18.2 Å². The molecule has 7 nitrogen and oxygen atoms in total. The van der Waals surface area contributed by atoms with Gasteiger partial charge in [-0.1, -0.05) is 6.07 Å². The molecule has 0 unspecified atom stereocenters. The van der Waals surface area contributed by atoms with Crippen molar-refractivity contribution in [3.05, 3.63) is 53.5 Å². The fourth-order valence-electron chi connectivity index (χ4n) is 3.77. The Balaban J connectivity index is 1.25. The molecule has 1 N–H and O–H groups in total. The van der Waals surface area contributed by atoms with Gasteiger partial charge in [0.15, 0.2) is 6.61 Å². The summed E-state index contributed by atoms with van der Waals surface area (Å²) in [4.78, 5) is 38.0. The Morgan fingerprint density at radius 2 is 2.07 bits per heavy atom. The average Bonchev–Trinajstić information content (AvgIpc) is 3.42. The Labute approximate surface area is 162 Å². The second kappa shape index (κ2) is 7.88. The van der Waals surface area contributed by atoms with Crippen LogP contribution in [-0.4, -0.2) is 35.8 Å². The molecule has 4 rings (SSSR count). The summed E-state index contributed by atoms with van der Waals surface area (Å²) in [7, 11) is 0. The molecule has 146 valence electrons. The number of nitrogens with zero attached hydrogens (tertiary/aromatic N) is 1. The van der Waals surface area contributed by atoms with E-state index in [-0.39, 0.29) is 31.4 Å². The summed E-state index contributed by atoms with van der Waals surface area (Å²) in [6.07, 6.45) is 4.88. The molecular formula is C21H22N2O5. The zero-order valence-corrected chi connectivity index (χ0v) is 15.5. The molecule has 0 bridgehead atoms. The maximum absolute atomic E-state index is 12.2. The lowest BCUT2D eigenvalue weighted by Crippen LogP contribution is -2.28. The van der Waals surface area contributed by atoms with Crippen LogP contribution in [0.15, 0.2) is 41.0 Å². The molecule has 0 saturated carbocycles. The lowest BCUT2D eigenvalue weighted by atomic mass is 10.1. The molecule has 28 heavy (non-hydrogen) atoms. The molecule has 1 aromatic carbocycles. The van der Waals surface area contributed by atoms with E-state index in [4.69, 9.17) is 9.15 Å². The minimum Gasteiger partial charge on any atom is -0.467 e. The Bertz CT molecular complexity index is 890. The van der Waals surface area contributed by atoms with E-state index in [1.165, 1.54) is 11.1 Å². The van der Waals surface area contributed by atoms with E-state index in [1.54, 1.807) is 23.3 Å². The maximum Gasteiger partial charge on any atom is 0.311 e. The molecule has 1 aliphatic carbocycles. The van der Waals surface area contributed by atoms with Gasteiger partial charge in [-0.15, -0.1) is 0 Å². The molecule has 2 aliphatic rings. The molecule has 2 heterocycles. The van der Waals surface area contributed by atoms with Crippen molar-refractivity contribution in [2.75, 3.05) is 18.5 Å². The van der Waals surface area contributed by atoms with Gasteiger partial charge in [-0.25, -0.2) is 0 Å². The number of ether oxygens (including phenoxy) is 1. The van der Waals surface area contributed by atoms with Crippen molar-refractivity contribution in [1.82, 2.24) is 4.90 Å². The molecule has 1 fully saturated rings. The van der Waals surface area contributed by atoms with E-state index in [2.05, 4.69) is 5.32 Å². The smallest absolute Gasteiger partial charge is 0.311 e. The molecule has 1 atom stereocenters. The third-order valence-electron chi connectivity index (χ3n) is 5.20. The number of amides is 2. The van der Waals surface area contributed by atoms with Gasteiger partial charge in [0.05, 0.1) is 18.7 Å². The van der Waals surface area contributed by atoms with Crippen molar-refractivity contribution >= 4 is 23.5 Å². The van der Waals surface area contributed by atoms with Gasteiger partial charge in [0.25, 0.3) is 5.91 Å². The number of rotatable bonds is 6. The van der Waals surface area contributed by atoms with E-state index in [0.29, 0.717) is 18.0 Å². The molecule has 2 aromatic rings. The highest BCUT2D eigenvalue weighted by molar-refractivity contribution is 5.93. The highest BCUT2D eigenvalue weighted by Gasteiger charge is 2.35. The fraction of sp³-hybridized carbons (Fsp3) is 0.381. The summed E-state index contributed by atoms with van der Waals surface area (Å²) >= 11 is 0. The molecular weight excluding hydrogens is 360 g/mol. The lowest BCUT2D eigenvalue weighted by molar-refractivity contribution is -0.151. The molecule has 7 heteroatoms. The molecule has 1 saturated heterocycles. The first-order chi connectivity index (χ1) is 13.6. The zero-order chi connectivity index (χ0) is 19.5. The van der Waals surface area contributed by atoms with Gasteiger partial charge in [0, 0.05) is 18.7 Å². The second-order valence-corrected chi connectivity index (χ2v) is 7.25. The number of benzene rings is 1. The predicted molar refractivity (Wildman–Crippen MR) is 100 cm³/mol. The predicted octanol–water partition coefficient (Wildman–Crippen LogP) is 2.30. The van der Waals surface area contributed by atoms with Crippen LogP contribution < -0.4 is 5.32 Å². The van der Waals surface area contributed by atoms with Crippen LogP contribution in [-0.2, 0) is 38.5 Å². The van der Waals surface area contributed by atoms with Crippen LogP contribution >= 0.6 is 0 Å². The molecule has 1 aromatic heterocycles. The van der Waals surface area contributed by atoms with Gasteiger partial charge in [-0.05, 0) is 54.7 Å². The first-order valence-corrected chi connectivity index (χ1v) is 9.47. The fourth-order valence-corrected chi connectivity index (χ4v) is 3.77. The van der Waals surface area contributed by atoms with Crippen LogP contribution in [0.1, 0.15) is 29.7 Å². The molecule has 2 amide bonds. The first-order valence-electron chi connectivity index (χ1n) is 9.47. The van der Waals surface area contributed by atoms with Gasteiger partial charge in [0.1, 0.15) is 5.76 Å². The first kappa shape index (κ1) is 18.3. The topological polar surface area (TPSA) is 88.9 Å². The van der Waals surface area contributed by atoms with Gasteiger partial charge in [-0.2, -0.15) is 0 Å². The third kappa shape index (κ3) is 4.08. The summed E-state index contributed by atoms with van der Waals surface area (Å²) in [6, 6.07) is 9.40. The van der Waals surface area contributed by atoms with Crippen LogP contribution in [0.2, 0.25) is 0 Å². The number of carbonyl (C=O) groups is 3. The highest BCUT2D eigenvalue weighted by Crippen LogP contribution is 2.25. The van der Waals surface area contributed by atoms with Crippen LogP contribution in [0.25, 0.3) is 0 Å². The Morgan fingerprint density at radius 3 is 2.89 bits per heavy atom. The number of furan rings is 1. The summed E-state index contributed by atoms with van der Waals surface area (Å²) in [5.74, 6) is -0.935. The quantitative estimate of drug-likeness (QED) is 0.775. The van der Waals surface area contributed by atoms with Gasteiger partial charge < -0.3 is 19.4 Å². The van der Waals surface area contributed by atoms with E-state index < -0.39 is 11.9 Å². The van der Waals surface area contributed by atoms with E-state index in [9.17, 15) is 14.4 Å². The van der Waals surface area contributed by atoms with Crippen LogP contribution in [0, 0.1) is 5.92 Å². The Morgan fingerprint density at radius 1 is 1.21 bits per heavy atom. The van der Waals surface area contributed by atoms with E-state index in [0.717, 1.165) is 19.3 Å². The minimum atomic E-state index is -0.560. The molecule has 1 aliphatic heterocycles. The summed E-state index contributed by atoms with van der Waals surface area (Å²) < 4.78 is 10.4. The summed E-state index contributed by atoms with van der Waals surface area (Å²) in [6.45, 7) is 0.234. The van der Waals surface area contributed by atoms with Crippen molar-refractivity contribution in [1.29, 1.82) is 0 Å². The molecule has 0 radical (unpaired) electrons. The van der Waals surface area contributed by atoms with Crippen molar-refractivity contribution in [3.8, 4) is 0 Å². The number of esters is 1. The largest absolute Gasteiger partial charge is 0.467 e. The van der Waals surface area contributed by atoms with Gasteiger partial charge >= 0.3 is 5.97 Å². The highest BCUT2D eigenvalue weighted by atomic mass is 16.5. The minimum absolute atomic E-state index is 0.0893. The summed E-state index contributed by atoms with van der Waals surface area (Å²) in [5, 5.41) is 2.76. The third-order valence-corrected chi connectivity index (χ3v) is 5.20. The van der Waals surface area contributed by atoms with Crippen molar-refractivity contribution in [3.63, 3.8) is 0 Å². The number of carbonyl (C=O) groups excluding carboxylic acids is 3. The number of hydrogen-bond acceptors (Lipinski definition) is 5. The zero-order valence-electron chi connectivity index (χ0n) is 15.5. The van der Waals surface area contributed by atoms with Crippen LogP contribution in [0.3, 0.4) is 0 Å². The normalized spacial score (nSPS) is 18.2. The van der Waals surface area contributed by atoms with Crippen molar-refractivity contribution in [2.24, 2.45) is 5.92 Å². The number of nitrogens with one attached hydrogen (secondary N) is 1. The van der Waals surface area contributed by atoms with E-state index >= 15 is 0 Å². The van der Waals surface area contributed by atoms with Crippen LogP contribution in [0.5, 0.6) is 0 Å². The number of hydrogen-bond donors (Lipinski definition) is 1. The molecule has 0 spiro atoms. The maximum atomic E-state index is 12.2. The number of fused-ring (bicyclic) bond motifs is 1. The summed E-state index contributed by atoms with van der Waals surface area (Å²) in [5.41, 5.74) is 3.30. The van der Waals surface area contributed by atoms with Crippen LogP contribution in [0.4, 0.5) is 5.69 Å². The Hall–Kier alpha value is -3.09. The van der Waals surface area contributed by atoms with Crippen molar-refractivity contribution in [2.45, 2.75) is 32.2 Å². The Kier molecular flexibility index (Phi) is 5.14. The number of anilines is 1. The standard InChI is InChI=1S/C21H22N2O5/c24-19(22-17-7-6-14-3-1-4-15(14)9-17)13-28-21(26)16-10-20(25)23(11-16)12-18-5-2-8-27-18/h2,5-9,16H,1,3-4,10-13H2,(H,22,24)/t16-/m0/s1. The van der Waals surface area contributed by atoms with Gasteiger partial charge in [0.2, 0.25) is 5.91 Å². The van der Waals surface area contributed by atoms with Gasteiger partial charge in [-0.3, -0.25) is 14.4 Å². The average molecular weight is 382 g/mol. The number of likely N-dealkylation sites (tertiary alicyclic amines) is 1.